The number of nitrogens with zero attached hydrogens (tertiary/aromatic N) is 5. The third-order valence-electron chi connectivity index (χ3n) is 4.76. The van der Waals surface area contributed by atoms with Crippen LogP contribution in [0.15, 0.2) is 27.2 Å². The van der Waals surface area contributed by atoms with Crippen molar-refractivity contribution in [3.05, 3.63) is 61.1 Å². The first-order chi connectivity index (χ1) is 12.5. The van der Waals surface area contributed by atoms with Crippen LogP contribution >= 0.6 is 11.3 Å². The molecule has 9 heteroatoms. The van der Waals surface area contributed by atoms with E-state index in [-0.39, 0.29) is 11.5 Å². The van der Waals surface area contributed by atoms with Crippen molar-refractivity contribution in [3.63, 3.8) is 0 Å². The molecule has 0 unspecified atom stereocenters. The van der Waals surface area contributed by atoms with Crippen molar-refractivity contribution in [2.75, 3.05) is 13.1 Å². The monoisotopic (exact) mass is 371 g/mol. The summed E-state index contributed by atoms with van der Waals surface area (Å²) in [4.78, 5) is 47.9. The number of carbonyl (C=O) groups is 1. The Hall–Kier alpha value is -2.81. The molecular formula is C17H17N5O3S. The largest absolute Gasteiger partial charge is 0.337 e. The van der Waals surface area contributed by atoms with Crippen molar-refractivity contribution >= 4 is 22.2 Å². The van der Waals surface area contributed by atoms with Gasteiger partial charge in [0.05, 0.1) is 5.69 Å². The summed E-state index contributed by atoms with van der Waals surface area (Å²) >= 11 is 1.31. The van der Waals surface area contributed by atoms with Gasteiger partial charge < -0.3 is 4.90 Å². The summed E-state index contributed by atoms with van der Waals surface area (Å²) in [7, 11) is 1.70. The van der Waals surface area contributed by atoms with Crippen molar-refractivity contribution in [1.29, 1.82) is 0 Å². The van der Waals surface area contributed by atoms with Crippen LogP contribution in [0.1, 0.15) is 27.6 Å². The number of carbonyl (C=O) groups excluding carboxylic acids is 1. The molecule has 1 aliphatic rings. The average molecular weight is 371 g/mol. The lowest BCUT2D eigenvalue weighted by atomic mass is 10.1. The van der Waals surface area contributed by atoms with Gasteiger partial charge in [-0.15, -0.1) is 11.3 Å². The highest BCUT2D eigenvalue weighted by Gasteiger charge is 2.25. The number of hydrogen-bond donors (Lipinski definition) is 0. The molecule has 0 N–H and O–H groups in total. The highest BCUT2D eigenvalue weighted by molar-refractivity contribution is 7.15. The Morgan fingerprint density at radius 1 is 1.19 bits per heavy atom. The predicted molar refractivity (Wildman–Crippen MR) is 96.9 cm³/mol. The lowest BCUT2D eigenvalue weighted by Gasteiger charge is -2.20. The molecular weight excluding hydrogens is 354 g/mol. The zero-order chi connectivity index (χ0) is 18.4. The van der Waals surface area contributed by atoms with E-state index < -0.39 is 5.56 Å². The molecule has 0 spiro atoms. The van der Waals surface area contributed by atoms with E-state index in [1.54, 1.807) is 34.8 Å². The van der Waals surface area contributed by atoms with Crippen LogP contribution in [0.2, 0.25) is 0 Å². The summed E-state index contributed by atoms with van der Waals surface area (Å²) in [6.07, 6.45) is 2.70. The van der Waals surface area contributed by atoms with Crippen molar-refractivity contribution in [2.45, 2.75) is 19.8 Å². The topological polar surface area (TPSA) is 89.6 Å². The van der Waals surface area contributed by atoms with Crippen molar-refractivity contribution in [2.24, 2.45) is 7.05 Å². The summed E-state index contributed by atoms with van der Waals surface area (Å²) in [6, 6.07) is 1.27. The Morgan fingerprint density at radius 3 is 2.77 bits per heavy atom. The Kier molecular flexibility index (Phi) is 3.95. The van der Waals surface area contributed by atoms with Crippen LogP contribution in [-0.2, 0) is 19.9 Å². The molecule has 8 nitrogen and oxygen atoms in total. The first kappa shape index (κ1) is 16.6. The average Bonchev–Trinajstić information content (AvgIpc) is 2.98. The molecule has 0 atom stereocenters. The van der Waals surface area contributed by atoms with E-state index in [9.17, 15) is 14.4 Å². The normalized spacial score (nSPS) is 14.3. The number of rotatable bonds is 1. The van der Waals surface area contributed by atoms with Gasteiger partial charge in [-0.2, -0.15) is 4.98 Å². The van der Waals surface area contributed by atoms with Gasteiger partial charge in [-0.3, -0.25) is 23.4 Å². The standard InChI is InChI=1S/C17H17N5O3S/c1-10-18-12-4-6-21(5-3-11(12)15(24)20(10)2)16(25)13-9-14(23)19-17-22(13)7-8-26-17/h7-9H,3-6H2,1-2H3. The van der Waals surface area contributed by atoms with Gasteiger partial charge in [-0.25, -0.2) is 4.98 Å². The molecule has 26 heavy (non-hydrogen) atoms. The molecule has 4 heterocycles. The minimum atomic E-state index is -0.430. The molecule has 0 fully saturated rings. The van der Waals surface area contributed by atoms with Gasteiger partial charge >= 0.3 is 0 Å². The first-order valence-electron chi connectivity index (χ1n) is 8.27. The van der Waals surface area contributed by atoms with E-state index in [1.165, 1.54) is 22.0 Å². The van der Waals surface area contributed by atoms with Crippen LogP contribution in [0.25, 0.3) is 4.96 Å². The van der Waals surface area contributed by atoms with Gasteiger partial charge in [0, 0.05) is 49.8 Å². The van der Waals surface area contributed by atoms with E-state index in [0.717, 1.165) is 5.69 Å². The van der Waals surface area contributed by atoms with Gasteiger partial charge in [-0.05, 0) is 13.3 Å². The molecule has 0 bridgehead atoms. The van der Waals surface area contributed by atoms with Gasteiger partial charge in [0.1, 0.15) is 11.5 Å². The second-order valence-corrected chi connectivity index (χ2v) is 7.15. The molecule has 3 aromatic heterocycles. The maximum atomic E-state index is 13.0. The van der Waals surface area contributed by atoms with Gasteiger partial charge in [0.25, 0.3) is 17.0 Å². The molecule has 0 saturated carbocycles. The third kappa shape index (κ3) is 2.64. The van der Waals surface area contributed by atoms with Gasteiger partial charge in [0.2, 0.25) is 0 Å². The number of amides is 1. The van der Waals surface area contributed by atoms with Gasteiger partial charge in [-0.1, -0.05) is 0 Å². The van der Waals surface area contributed by atoms with Crippen LogP contribution < -0.4 is 11.1 Å². The summed E-state index contributed by atoms with van der Waals surface area (Å²) in [5.41, 5.74) is 1.24. The summed E-state index contributed by atoms with van der Waals surface area (Å²) in [5, 5.41) is 1.78. The zero-order valence-electron chi connectivity index (χ0n) is 14.4. The molecule has 0 saturated heterocycles. The molecule has 0 aromatic carbocycles. The van der Waals surface area contributed by atoms with Crippen molar-refractivity contribution < 1.29 is 4.79 Å². The van der Waals surface area contributed by atoms with Crippen LogP contribution in [-0.4, -0.2) is 42.8 Å². The Bertz CT molecular complexity index is 1140. The summed E-state index contributed by atoms with van der Waals surface area (Å²) in [6.45, 7) is 2.66. The molecule has 4 rings (SSSR count). The summed E-state index contributed by atoms with van der Waals surface area (Å²) < 4.78 is 3.17. The molecule has 0 aliphatic carbocycles. The Balaban J connectivity index is 1.69. The van der Waals surface area contributed by atoms with Crippen LogP contribution in [0, 0.1) is 6.92 Å². The van der Waals surface area contributed by atoms with Gasteiger partial charge in [0.15, 0.2) is 4.96 Å². The molecule has 1 amide bonds. The molecule has 134 valence electrons. The third-order valence-corrected chi connectivity index (χ3v) is 5.52. The maximum absolute atomic E-state index is 13.0. The molecule has 1 aliphatic heterocycles. The highest BCUT2D eigenvalue weighted by atomic mass is 32.1. The van der Waals surface area contributed by atoms with Crippen molar-refractivity contribution in [3.8, 4) is 0 Å². The van der Waals surface area contributed by atoms with Crippen LogP contribution in [0.5, 0.6) is 0 Å². The molecule has 3 aromatic rings. The second kappa shape index (κ2) is 6.17. The minimum Gasteiger partial charge on any atom is -0.337 e. The van der Waals surface area contributed by atoms with E-state index in [2.05, 4.69) is 9.97 Å². The SMILES string of the molecule is Cc1nc2c(c(=O)n1C)CCN(C(=O)c1cc(=O)nc3sccn13)CC2. The smallest absolute Gasteiger partial charge is 0.274 e. The predicted octanol–water partition coefficient (Wildman–Crippen LogP) is 0.399. The Labute approximate surface area is 152 Å². The lowest BCUT2D eigenvalue weighted by molar-refractivity contribution is 0.0755. The number of fused-ring (bicyclic) bond motifs is 2. The lowest BCUT2D eigenvalue weighted by Crippen LogP contribution is -2.35. The van der Waals surface area contributed by atoms with E-state index in [1.807, 2.05) is 0 Å². The van der Waals surface area contributed by atoms with E-state index in [4.69, 9.17) is 0 Å². The van der Waals surface area contributed by atoms with E-state index >= 15 is 0 Å². The first-order valence-corrected chi connectivity index (χ1v) is 9.15. The fourth-order valence-electron chi connectivity index (χ4n) is 3.25. The van der Waals surface area contributed by atoms with Crippen LogP contribution in [0.4, 0.5) is 0 Å². The van der Waals surface area contributed by atoms with E-state index in [0.29, 0.717) is 48.0 Å². The quantitative estimate of drug-likeness (QED) is 0.618. The maximum Gasteiger partial charge on any atom is 0.274 e. The minimum absolute atomic E-state index is 0.0536. The highest BCUT2D eigenvalue weighted by Crippen LogP contribution is 2.15. The number of aromatic nitrogens is 4. The fraction of sp³-hybridized carbons (Fsp3) is 0.353. The second-order valence-electron chi connectivity index (χ2n) is 6.28. The van der Waals surface area contributed by atoms with Crippen LogP contribution in [0.3, 0.4) is 0 Å². The number of thiazole rings is 1. The summed E-state index contributed by atoms with van der Waals surface area (Å²) in [5.74, 6) is 0.424. The fourth-order valence-corrected chi connectivity index (χ4v) is 3.97. The number of hydrogen-bond acceptors (Lipinski definition) is 6. The number of aryl methyl sites for hydroxylation is 1. The van der Waals surface area contributed by atoms with Crippen molar-refractivity contribution in [1.82, 2.24) is 23.8 Å². The molecule has 0 radical (unpaired) electrons. The zero-order valence-corrected chi connectivity index (χ0v) is 15.2. The Morgan fingerprint density at radius 2 is 1.96 bits per heavy atom.